The molecule has 0 unspecified atom stereocenters. The minimum absolute atomic E-state index is 0. The van der Waals surface area contributed by atoms with E-state index in [4.69, 9.17) is 66.9 Å². The van der Waals surface area contributed by atoms with E-state index in [1.807, 2.05) is 30.0 Å². The largest absolute Gasteiger partial charge is 1.00 e. The predicted octanol–water partition coefficient (Wildman–Crippen LogP) is 6.86. The summed E-state index contributed by atoms with van der Waals surface area (Å²) in [6.45, 7) is 12.1. The first-order valence-electron chi connectivity index (χ1n) is 17.5. The van der Waals surface area contributed by atoms with Gasteiger partial charge in [0.05, 0.1) is 21.3 Å². The molecule has 0 aliphatic carbocycles. The van der Waals surface area contributed by atoms with Crippen molar-refractivity contribution in [3.63, 3.8) is 0 Å². The van der Waals surface area contributed by atoms with E-state index in [9.17, 15) is 33.8 Å². The minimum atomic E-state index is -4.04. The van der Waals surface area contributed by atoms with Crippen LogP contribution in [0.5, 0.6) is 11.5 Å². The maximum absolute atomic E-state index is 12.3. The Morgan fingerprint density at radius 1 is 0.712 bits per heavy atom. The molecule has 0 fully saturated rings. The van der Waals surface area contributed by atoms with E-state index in [0.717, 1.165) is 64.0 Å². The molecule has 0 N–H and O–H groups in total. The van der Waals surface area contributed by atoms with Gasteiger partial charge in [0, 0.05) is 67.1 Å². The van der Waals surface area contributed by atoms with E-state index < -0.39 is 31.3 Å². The molecule has 0 aliphatic heterocycles. The molecule has 2 aromatic carbocycles. The number of alkyl halides is 5. The molecule has 0 amide bonds. The van der Waals surface area contributed by atoms with Gasteiger partial charge in [-0.25, -0.2) is 0 Å². The van der Waals surface area contributed by atoms with Crippen LogP contribution in [0.1, 0.15) is 37.5 Å². The molecule has 4 rings (SSSR count). The van der Waals surface area contributed by atoms with Crippen LogP contribution in [0.4, 0.5) is 21.4 Å². The molecule has 324 valence electrons. The van der Waals surface area contributed by atoms with E-state index in [-0.39, 0.29) is 72.7 Å². The molecule has 0 bridgehead atoms. The van der Waals surface area contributed by atoms with Crippen LogP contribution in [0.3, 0.4) is 0 Å². The van der Waals surface area contributed by atoms with Gasteiger partial charge in [0.2, 0.25) is 0 Å². The SMILES string of the molecule is CC(C)(C)[O-].Cc1cc(OCCCl)ccc1N(CCCl)CCCl.Cc1cc(OS(=O)(=O)Cc2ccsc2[N+](=O)[O-])ccc1N(CCCl)CCCl.O=[N+]([O-])c1cccs1.[K+]. The Morgan fingerprint density at radius 2 is 1.19 bits per heavy atom. The van der Waals surface area contributed by atoms with E-state index in [0.29, 0.717) is 49.1 Å². The number of nitro groups is 2. The molecule has 0 aliphatic rings. The fraction of sp³-hybridized carbons (Fsp3) is 0.459. The fourth-order valence-electron chi connectivity index (χ4n) is 4.72. The van der Waals surface area contributed by atoms with Crippen molar-refractivity contribution in [1.82, 2.24) is 0 Å². The van der Waals surface area contributed by atoms with Crippen molar-refractivity contribution < 1.29 is 83.7 Å². The van der Waals surface area contributed by atoms with Crippen LogP contribution in [-0.2, 0) is 15.9 Å². The third-order valence-corrected chi connectivity index (χ3v) is 10.6. The van der Waals surface area contributed by atoms with Gasteiger partial charge in [0.15, 0.2) is 0 Å². The van der Waals surface area contributed by atoms with Crippen molar-refractivity contribution in [2.45, 2.75) is 46.0 Å². The van der Waals surface area contributed by atoms with Gasteiger partial charge >= 0.3 is 71.5 Å². The zero-order valence-corrected chi connectivity index (χ0v) is 43.1. The molecule has 2 heterocycles. The summed E-state index contributed by atoms with van der Waals surface area (Å²) in [6, 6.07) is 15.4. The number of nitrogens with zero attached hydrogens (tertiary/aromatic N) is 4. The number of hydrogen-bond donors (Lipinski definition) is 0. The number of aryl methyl sites for hydroxylation is 2. The first-order chi connectivity index (χ1) is 27.3. The van der Waals surface area contributed by atoms with Crippen molar-refractivity contribution in [3.05, 3.63) is 102 Å². The number of thiophene rings is 2. The summed E-state index contributed by atoms with van der Waals surface area (Å²) < 4.78 is 35.2. The van der Waals surface area contributed by atoms with Gasteiger partial charge < -0.3 is 23.8 Å². The first-order valence-corrected chi connectivity index (χ1v) is 23.5. The minimum Gasteiger partial charge on any atom is -0.850 e. The summed E-state index contributed by atoms with van der Waals surface area (Å²) in [5.74, 6) is 2.94. The van der Waals surface area contributed by atoms with Gasteiger partial charge in [-0.3, -0.25) is 20.2 Å². The van der Waals surface area contributed by atoms with E-state index in [1.165, 1.54) is 23.6 Å². The number of rotatable bonds is 19. The molecule has 0 saturated heterocycles. The summed E-state index contributed by atoms with van der Waals surface area (Å²) in [7, 11) is -4.04. The van der Waals surface area contributed by atoms with Crippen LogP contribution in [-0.4, -0.2) is 86.1 Å². The zero-order valence-electron chi connectivity index (χ0n) is 33.7. The Balaban J connectivity index is 0.000000896. The summed E-state index contributed by atoms with van der Waals surface area (Å²) in [4.78, 5) is 24.0. The van der Waals surface area contributed by atoms with Crippen LogP contribution >= 0.6 is 80.7 Å². The Hall–Kier alpha value is -1.16. The average Bonchev–Trinajstić information content (AvgIpc) is 3.84. The van der Waals surface area contributed by atoms with Gasteiger partial charge in [-0.15, -0.1) is 63.6 Å². The summed E-state index contributed by atoms with van der Waals surface area (Å²) in [5.41, 5.74) is 3.34. The second-order valence-electron chi connectivity index (χ2n) is 12.8. The standard InChI is InChI=1S/C16H18Cl2N2O5S2.C13H18Cl3NO.C4H3NO2S.C4H9O.K/c1-12-10-14(2-3-15(12)19(7-5-17)8-6-18)25-27(23,24)11-13-4-9-26-16(13)20(21)22;1-11-10-12(18-9-6-16)2-3-13(11)17(7-4-14)8-5-15;6-5(7)4-2-1-3-8-4;1-4(2,3)5;/h2-4,9-10H,5-8,11H2,1H3;2-3,10H,4-9H2,1H3;1-3H;1-3H3;/q;;;-1;+1. The second kappa shape index (κ2) is 30.8. The number of anilines is 2. The van der Waals surface area contributed by atoms with Crippen molar-refractivity contribution in [2.24, 2.45) is 0 Å². The van der Waals surface area contributed by atoms with Crippen LogP contribution < -0.4 is 75.2 Å². The van der Waals surface area contributed by atoms with E-state index in [1.54, 1.807) is 44.4 Å². The van der Waals surface area contributed by atoms with E-state index in [2.05, 4.69) is 11.8 Å². The second-order valence-corrected chi connectivity index (χ2v) is 18.1. The van der Waals surface area contributed by atoms with Gasteiger partial charge in [-0.05, 0) is 84.3 Å². The first kappa shape index (κ1) is 57.8. The van der Waals surface area contributed by atoms with Crippen molar-refractivity contribution in [3.8, 4) is 11.5 Å². The molecule has 0 radical (unpaired) electrons. The van der Waals surface area contributed by atoms with Crippen LogP contribution in [0.2, 0.25) is 0 Å². The number of halogens is 5. The normalized spacial score (nSPS) is 10.6. The Labute approximate surface area is 422 Å². The molecule has 22 heteroatoms. The maximum atomic E-state index is 12.3. The molecule has 59 heavy (non-hydrogen) atoms. The van der Waals surface area contributed by atoms with Crippen molar-refractivity contribution in [1.29, 1.82) is 0 Å². The van der Waals surface area contributed by atoms with Crippen LogP contribution in [0, 0.1) is 34.1 Å². The van der Waals surface area contributed by atoms with Gasteiger partial charge in [0.1, 0.15) is 23.9 Å². The molecule has 2 aromatic heterocycles. The van der Waals surface area contributed by atoms with Crippen LogP contribution in [0.15, 0.2) is 65.4 Å². The third-order valence-electron chi connectivity index (χ3n) is 6.91. The summed E-state index contributed by atoms with van der Waals surface area (Å²) in [5, 5.41) is 34.1. The molecular weight excluding hydrogens is 957 g/mol. The summed E-state index contributed by atoms with van der Waals surface area (Å²) >= 11 is 30.9. The van der Waals surface area contributed by atoms with Gasteiger partial charge in [-0.2, -0.15) is 8.42 Å². The number of ether oxygens (including phenoxy) is 1. The Morgan fingerprint density at radius 3 is 1.56 bits per heavy atom. The Kier molecular flexibility index (Phi) is 30.2. The molecule has 4 aromatic rings. The molecule has 0 atom stereocenters. The number of benzene rings is 2. The topological polar surface area (TPSA) is 168 Å². The maximum Gasteiger partial charge on any atom is 1.00 e. The fourth-order valence-corrected chi connectivity index (χ4v) is 8.05. The Bertz CT molecular complexity index is 1900. The summed E-state index contributed by atoms with van der Waals surface area (Å²) in [6.07, 6.45) is 0. The third kappa shape index (κ3) is 24.3. The smallest absolute Gasteiger partial charge is 0.850 e. The monoisotopic (exact) mass is 1000 g/mol. The molecular formula is C37H48Cl5KN4O9S3. The average molecular weight is 1010 g/mol. The van der Waals surface area contributed by atoms with Crippen molar-refractivity contribution >= 4 is 112 Å². The molecule has 13 nitrogen and oxygen atoms in total. The predicted molar refractivity (Wildman–Crippen MR) is 241 cm³/mol. The quantitative estimate of drug-likeness (QED) is 0.0317. The zero-order chi connectivity index (χ0) is 43.9. The van der Waals surface area contributed by atoms with Crippen molar-refractivity contribution in [2.75, 3.05) is 72.0 Å². The molecule has 0 saturated carbocycles. The van der Waals surface area contributed by atoms with E-state index >= 15 is 0 Å². The molecule has 0 spiro atoms. The van der Waals surface area contributed by atoms with Crippen LogP contribution in [0.25, 0.3) is 0 Å². The van der Waals surface area contributed by atoms with Gasteiger partial charge in [0.25, 0.3) is 0 Å². The number of hydrogen-bond acceptors (Lipinski definition) is 13. The van der Waals surface area contributed by atoms with Gasteiger partial charge in [-0.1, -0.05) is 43.4 Å².